The van der Waals surface area contributed by atoms with Gasteiger partial charge in [-0.15, -0.1) is 0 Å². The summed E-state index contributed by atoms with van der Waals surface area (Å²) in [7, 11) is 0. The average Bonchev–Trinajstić information content (AvgIpc) is 3.00. The minimum Gasteiger partial charge on any atom is -0.507 e. The summed E-state index contributed by atoms with van der Waals surface area (Å²) in [6, 6.07) is 4.16. The van der Waals surface area contributed by atoms with Gasteiger partial charge >= 0.3 is 0 Å². The van der Waals surface area contributed by atoms with Crippen molar-refractivity contribution >= 4 is 11.8 Å². The summed E-state index contributed by atoms with van der Waals surface area (Å²) in [5.74, 6) is 0.966. The van der Waals surface area contributed by atoms with Gasteiger partial charge in [-0.25, -0.2) is 0 Å². The molecule has 0 aliphatic heterocycles. The molecule has 0 spiro atoms. The third-order valence-corrected chi connectivity index (χ3v) is 10.1. The highest BCUT2D eigenvalue weighted by atomic mass is 16.3. The summed E-state index contributed by atoms with van der Waals surface area (Å²) >= 11 is 0. The van der Waals surface area contributed by atoms with Crippen LogP contribution in [0.1, 0.15) is 163 Å². The zero-order chi connectivity index (χ0) is 36.1. The highest BCUT2D eigenvalue weighted by Crippen LogP contribution is 2.37. The third-order valence-electron chi connectivity index (χ3n) is 10.1. The molecule has 6 heteroatoms. The molecular weight excluding hydrogens is 596 g/mol. The summed E-state index contributed by atoms with van der Waals surface area (Å²) in [6.45, 7) is 22.1. The minimum absolute atomic E-state index is 0.103. The molecule has 0 radical (unpaired) electrons. The maximum absolute atomic E-state index is 12.5. The second-order valence-corrected chi connectivity index (χ2v) is 16.1. The molecule has 0 bridgehead atoms. The van der Waals surface area contributed by atoms with Crippen LogP contribution in [0.3, 0.4) is 0 Å². The van der Waals surface area contributed by atoms with E-state index in [1.54, 1.807) is 0 Å². The number of hydrogen-bond acceptors (Lipinski definition) is 4. The first kappa shape index (κ1) is 41.2. The molecule has 0 saturated carbocycles. The standard InChI is InChI=1S/C42H68N2O4/c1-29-31(3)39(47)35(41(5,6)7)27-33(29)21-23-37(45)43-25-19-17-15-13-11-12-14-16-18-20-26-44-38(46)24-22-34-28-36(42(8,9)10)40(48)32(4)30(34)2/h27-28,47-48H,11-26H2,1-10H3,(H,43,45)(H,44,46). The number of hydrogen-bond donors (Lipinski definition) is 4. The van der Waals surface area contributed by atoms with E-state index in [1.807, 2.05) is 27.7 Å². The Kier molecular flexibility index (Phi) is 16.5. The fourth-order valence-electron chi connectivity index (χ4n) is 6.40. The molecule has 0 aromatic heterocycles. The van der Waals surface area contributed by atoms with Crippen LogP contribution in [0.4, 0.5) is 0 Å². The van der Waals surface area contributed by atoms with Gasteiger partial charge in [0.2, 0.25) is 11.8 Å². The Hall–Kier alpha value is -3.02. The molecule has 0 heterocycles. The Morgan fingerprint density at radius 3 is 1.10 bits per heavy atom. The zero-order valence-corrected chi connectivity index (χ0v) is 32.2. The van der Waals surface area contributed by atoms with Crippen LogP contribution in [0.2, 0.25) is 0 Å². The smallest absolute Gasteiger partial charge is 0.220 e. The molecular formula is C42H68N2O4. The quantitative estimate of drug-likeness (QED) is 0.112. The van der Waals surface area contributed by atoms with Gasteiger partial charge in [0.25, 0.3) is 0 Å². The molecule has 270 valence electrons. The van der Waals surface area contributed by atoms with Crippen LogP contribution in [0, 0.1) is 27.7 Å². The van der Waals surface area contributed by atoms with Gasteiger partial charge in [0.1, 0.15) is 11.5 Å². The number of benzene rings is 2. The monoisotopic (exact) mass is 665 g/mol. The van der Waals surface area contributed by atoms with Gasteiger partial charge in [-0.3, -0.25) is 9.59 Å². The molecule has 2 aromatic rings. The fraction of sp³-hybridized carbons (Fsp3) is 0.667. The number of rotatable bonds is 19. The number of phenolic OH excluding ortho intramolecular Hbond substituents is 2. The Morgan fingerprint density at radius 2 is 0.812 bits per heavy atom. The first-order valence-corrected chi connectivity index (χ1v) is 18.6. The normalized spacial score (nSPS) is 12.0. The molecule has 0 aliphatic rings. The molecule has 4 N–H and O–H groups in total. The molecule has 6 nitrogen and oxygen atoms in total. The maximum Gasteiger partial charge on any atom is 0.220 e. The third kappa shape index (κ3) is 13.1. The van der Waals surface area contributed by atoms with Crippen LogP contribution in [-0.4, -0.2) is 35.1 Å². The van der Waals surface area contributed by atoms with Crippen molar-refractivity contribution in [2.75, 3.05) is 13.1 Å². The van der Waals surface area contributed by atoms with Crippen molar-refractivity contribution in [2.24, 2.45) is 0 Å². The molecule has 48 heavy (non-hydrogen) atoms. The van der Waals surface area contributed by atoms with Gasteiger partial charge in [-0.1, -0.05) is 105 Å². The number of aryl methyl sites for hydroxylation is 2. The van der Waals surface area contributed by atoms with Gasteiger partial charge in [-0.2, -0.15) is 0 Å². The second kappa shape index (κ2) is 19.2. The summed E-state index contributed by atoms with van der Waals surface area (Å²) in [5.41, 5.74) is 7.89. The van der Waals surface area contributed by atoms with Gasteiger partial charge in [0, 0.05) is 25.9 Å². The average molecular weight is 665 g/mol. The molecule has 2 aromatic carbocycles. The van der Waals surface area contributed by atoms with Crippen molar-refractivity contribution in [3.63, 3.8) is 0 Å². The zero-order valence-electron chi connectivity index (χ0n) is 32.2. The van der Waals surface area contributed by atoms with Crippen LogP contribution in [-0.2, 0) is 33.3 Å². The maximum atomic E-state index is 12.5. The molecule has 0 saturated heterocycles. The lowest BCUT2D eigenvalue weighted by Gasteiger charge is -2.24. The molecule has 0 aliphatic carbocycles. The van der Waals surface area contributed by atoms with Crippen LogP contribution >= 0.6 is 0 Å². The lowest BCUT2D eigenvalue weighted by atomic mass is 9.82. The number of carbonyl (C=O) groups is 2. The number of phenols is 2. The molecule has 0 atom stereocenters. The van der Waals surface area contributed by atoms with E-state index in [1.165, 1.54) is 38.5 Å². The van der Waals surface area contributed by atoms with E-state index in [0.717, 1.165) is 83.3 Å². The first-order chi connectivity index (χ1) is 22.4. The van der Waals surface area contributed by atoms with Crippen LogP contribution < -0.4 is 10.6 Å². The SMILES string of the molecule is Cc1c(CCC(=O)NCCCCCCCCCCCCNC(=O)CCc2cc(C(C)(C)C)c(O)c(C)c2C)cc(C(C)(C)C)c(O)c1C. The lowest BCUT2D eigenvalue weighted by molar-refractivity contribution is -0.121. The highest BCUT2D eigenvalue weighted by molar-refractivity contribution is 5.76. The Bertz CT molecular complexity index is 1240. The predicted molar refractivity (Wildman–Crippen MR) is 201 cm³/mol. The summed E-state index contributed by atoms with van der Waals surface area (Å²) < 4.78 is 0. The van der Waals surface area contributed by atoms with Crippen molar-refractivity contribution in [1.29, 1.82) is 0 Å². The van der Waals surface area contributed by atoms with E-state index in [4.69, 9.17) is 0 Å². The van der Waals surface area contributed by atoms with E-state index in [9.17, 15) is 19.8 Å². The van der Waals surface area contributed by atoms with E-state index in [0.29, 0.717) is 37.2 Å². The molecule has 2 amide bonds. The Morgan fingerprint density at radius 1 is 0.521 bits per heavy atom. The Labute approximate surface area is 292 Å². The summed E-state index contributed by atoms with van der Waals surface area (Å²) in [6.07, 6.45) is 14.1. The summed E-state index contributed by atoms with van der Waals surface area (Å²) in [5, 5.41) is 27.4. The molecule has 2 rings (SSSR count). The van der Waals surface area contributed by atoms with E-state index < -0.39 is 0 Å². The predicted octanol–water partition coefficient (Wildman–Crippen LogP) is 9.63. The van der Waals surface area contributed by atoms with E-state index >= 15 is 0 Å². The van der Waals surface area contributed by atoms with Gasteiger partial charge < -0.3 is 20.8 Å². The topological polar surface area (TPSA) is 98.7 Å². The van der Waals surface area contributed by atoms with Crippen molar-refractivity contribution in [2.45, 2.75) is 170 Å². The number of amides is 2. The fourth-order valence-corrected chi connectivity index (χ4v) is 6.40. The van der Waals surface area contributed by atoms with Gasteiger partial charge in [0.15, 0.2) is 0 Å². The van der Waals surface area contributed by atoms with Crippen molar-refractivity contribution in [1.82, 2.24) is 10.6 Å². The largest absolute Gasteiger partial charge is 0.507 e. The number of carbonyl (C=O) groups excluding carboxylic acids is 2. The van der Waals surface area contributed by atoms with Crippen LogP contribution in [0.25, 0.3) is 0 Å². The highest BCUT2D eigenvalue weighted by Gasteiger charge is 2.23. The van der Waals surface area contributed by atoms with Crippen LogP contribution in [0.5, 0.6) is 11.5 Å². The van der Waals surface area contributed by atoms with Crippen LogP contribution in [0.15, 0.2) is 12.1 Å². The van der Waals surface area contributed by atoms with E-state index in [-0.39, 0.29) is 22.6 Å². The van der Waals surface area contributed by atoms with E-state index in [2.05, 4.69) is 64.3 Å². The number of unbranched alkanes of at least 4 members (excludes halogenated alkanes) is 9. The minimum atomic E-state index is -0.145. The van der Waals surface area contributed by atoms with Gasteiger partial charge in [-0.05, 0) is 109 Å². The number of aromatic hydroxyl groups is 2. The van der Waals surface area contributed by atoms with Gasteiger partial charge in [0.05, 0.1) is 0 Å². The lowest BCUT2D eigenvalue weighted by Crippen LogP contribution is -2.24. The Balaban J connectivity index is 1.48. The molecule has 0 fully saturated rings. The van der Waals surface area contributed by atoms with Crippen molar-refractivity contribution in [3.05, 3.63) is 56.6 Å². The summed E-state index contributed by atoms with van der Waals surface area (Å²) in [4.78, 5) is 24.9. The van der Waals surface area contributed by atoms with Crippen molar-refractivity contribution in [3.8, 4) is 11.5 Å². The first-order valence-electron chi connectivity index (χ1n) is 18.6. The van der Waals surface area contributed by atoms with Crippen molar-refractivity contribution < 1.29 is 19.8 Å². The number of nitrogens with one attached hydrogen (secondary N) is 2. The molecule has 0 unspecified atom stereocenters. The second-order valence-electron chi connectivity index (χ2n) is 16.1.